The van der Waals surface area contributed by atoms with E-state index in [0.717, 1.165) is 24.1 Å². The molecule has 1 aliphatic rings. The molecule has 1 heterocycles. The Morgan fingerprint density at radius 2 is 2.00 bits per heavy atom. The van der Waals surface area contributed by atoms with Gasteiger partial charge in [-0.25, -0.2) is 0 Å². The number of nitrogens with one attached hydrogen (secondary N) is 1. The molecule has 1 rings (SSSR count). The topological polar surface area (TPSA) is 15.3 Å². The fraction of sp³-hybridized carbons (Fsp3) is 0.867. The molecule has 0 aliphatic carbocycles. The molecule has 0 atom stereocenters. The largest absolute Gasteiger partial charge is 0.391 e. The Bertz CT molecular complexity index is 215. The van der Waals surface area contributed by atoms with E-state index in [9.17, 15) is 0 Å². The molecule has 0 saturated carbocycles. The molecule has 0 spiro atoms. The minimum absolute atomic E-state index is 0.869. The molecule has 2 heteroatoms. The number of piperidine rings is 1. The first-order chi connectivity index (χ1) is 8.11. The highest BCUT2D eigenvalue weighted by atomic mass is 15.1. The number of likely N-dealkylation sites (tertiary alicyclic amines) is 1. The molecule has 0 bridgehead atoms. The van der Waals surface area contributed by atoms with E-state index in [1.54, 1.807) is 0 Å². The molecular weight excluding hydrogens is 208 g/mol. The summed E-state index contributed by atoms with van der Waals surface area (Å²) in [6, 6.07) is 0. The SMILES string of the molecule is C=C(CN1CCC(CCCC(C)C)CC1)NC. The molecule has 0 aromatic heterocycles. The Balaban J connectivity index is 2.11. The second-order valence-corrected chi connectivity index (χ2v) is 5.90. The van der Waals surface area contributed by atoms with Crippen molar-refractivity contribution in [2.75, 3.05) is 26.7 Å². The van der Waals surface area contributed by atoms with Crippen LogP contribution in [0, 0.1) is 11.8 Å². The lowest BCUT2D eigenvalue weighted by atomic mass is 9.90. The van der Waals surface area contributed by atoms with Gasteiger partial charge in [-0.3, -0.25) is 4.90 Å². The maximum absolute atomic E-state index is 4.00. The maximum atomic E-state index is 4.00. The molecule has 0 amide bonds. The smallest absolute Gasteiger partial charge is 0.0375 e. The van der Waals surface area contributed by atoms with Crippen LogP contribution in [-0.4, -0.2) is 31.6 Å². The summed E-state index contributed by atoms with van der Waals surface area (Å²) < 4.78 is 0. The molecule has 1 N–H and O–H groups in total. The minimum Gasteiger partial charge on any atom is -0.391 e. The summed E-state index contributed by atoms with van der Waals surface area (Å²) in [6.07, 6.45) is 7.03. The average Bonchev–Trinajstić information content (AvgIpc) is 2.31. The van der Waals surface area contributed by atoms with Gasteiger partial charge in [0, 0.05) is 19.3 Å². The van der Waals surface area contributed by atoms with Gasteiger partial charge in [0.05, 0.1) is 0 Å². The Kier molecular flexibility index (Phi) is 6.64. The van der Waals surface area contributed by atoms with Crippen molar-refractivity contribution in [1.29, 1.82) is 0 Å². The number of rotatable bonds is 7. The first-order valence-corrected chi connectivity index (χ1v) is 7.19. The summed E-state index contributed by atoms with van der Waals surface area (Å²) in [4.78, 5) is 2.53. The fourth-order valence-corrected chi connectivity index (χ4v) is 2.60. The van der Waals surface area contributed by atoms with Gasteiger partial charge in [0.25, 0.3) is 0 Å². The zero-order valence-corrected chi connectivity index (χ0v) is 12.0. The standard InChI is InChI=1S/C15H30N2/c1-13(2)6-5-7-15-8-10-17(11-9-15)12-14(3)16-4/h13,15-16H,3,5-12H2,1-2,4H3. The first-order valence-electron chi connectivity index (χ1n) is 7.19. The van der Waals surface area contributed by atoms with Crippen molar-refractivity contribution in [3.8, 4) is 0 Å². The minimum atomic E-state index is 0.869. The maximum Gasteiger partial charge on any atom is 0.0375 e. The van der Waals surface area contributed by atoms with Crippen LogP contribution in [0.15, 0.2) is 12.3 Å². The van der Waals surface area contributed by atoms with Crippen molar-refractivity contribution in [2.45, 2.75) is 46.0 Å². The third kappa shape index (κ3) is 6.11. The van der Waals surface area contributed by atoms with Crippen LogP contribution in [0.5, 0.6) is 0 Å². The molecular formula is C15H30N2. The van der Waals surface area contributed by atoms with Crippen LogP contribution < -0.4 is 5.32 Å². The van der Waals surface area contributed by atoms with E-state index in [-0.39, 0.29) is 0 Å². The van der Waals surface area contributed by atoms with Crippen molar-refractivity contribution >= 4 is 0 Å². The number of hydrogen-bond acceptors (Lipinski definition) is 2. The van der Waals surface area contributed by atoms with E-state index in [1.807, 2.05) is 7.05 Å². The summed E-state index contributed by atoms with van der Waals surface area (Å²) in [5.74, 6) is 1.85. The highest BCUT2D eigenvalue weighted by Crippen LogP contribution is 2.23. The molecule has 2 nitrogen and oxygen atoms in total. The molecule has 17 heavy (non-hydrogen) atoms. The highest BCUT2D eigenvalue weighted by Gasteiger charge is 2.18. The summed E-state index contributed by atoms with van der Waals surface area (Å²) in [7, 11) is 1.96. The Hall–Kier alpha value is -0.500. The van der Waals surface area contributed by atoms with Crippen molar-refractivity contribution in [2.24, 2.45) is 11.8 Å². The van der Waals surface area contributed by atoms with Gasteiger partial charge in [-0.15, -0.1) is 0 Å². The van der Waals surface area contributed by atoms with E-state index in [4.69, 9.17) is 0 Å². The first kappa shape index (κ1) is 14.6. The predicted molar refractivity (Wildman–Crippen MR) is 76.1 cm³/mol. The second kappa shape index (κ2) is 7.75. The summed E-state index contributed by atoms with van der Waals surface area (Å²) in [5, 5.41) is 3.13. The third-order valence-corrected chi connectivity index (χ3v) is 3.87. The van der Waals surface area contributed by atoms with Crippen LogP contribution in [0.2, 0.25) is 0 Å². The number of hydrogen-bond donors (Lipinski definition) is 1. The van der Waals surface area contributed by atoms with Gasteiger partial charge in [-0.1, -0.05) is 39.7 Å². The lowest BCUT2D eigenvalue weighted by Gasteiger charge is -2.32. The predicted octanol–water partition coefficient (Wildman–Crippen LogP) is 3.26. The molecule has 0 aromatic carbocycles. The molecule has 1 aliphatic heterocycles. The zero-order chi connectivity index (χ0) is 12.7. The fourth-order valence-electron chi connectivity index (χ4n) is 2.60. The van der Waals surface area contributed by atoms with Gasteiger partial charge >= 0.3 is 0 Å². The Labute approximate surface area is 107 Å². The number of nitrogens with zero attached hydrogens (tertiary/aromatic N) is 1. The van der Waals surface area contributed by atoms with Gasteiger partial charge in [-0.2, -0.15) is 0 Å². The van der Waals surface area contributed by atoms with E-state index in [1.165, 1.54) is 45.2 Å². The summed E-state index contributed by atoms with van der Waals surface area (Å²) in [5.41, 5.74) is 1.14. The van der Waals surface area contributed by atoms with Crippen LogP contribution in [0.25, 0.3) is 0 Å². The van der Waals surface area contributed by atoms with E-state index < -0.39 is 0 Å². The highest BCUT2D eigenvalue weighted by molar-refractivity contribution is 4.93. The third-order valence-electron chi connectivity index (χ3n) is 3.87. The van der Waals surface area contributed by atoms with Crippen molar-refractivity contribution in [3.05, 3.63) is 12.3 Å². The van der Waals surface area contributed by atoms with Gasteiger partial charge in [0.2, 0.25) is 0 Å². The quantitative estimate of drug-likeness (QED) is 0.732. The van der Waals surface area contributed by atoms with Gasteiger partial charge in [-0.05, 0) is 37.8 Å². The summed E-state index contributed by atoms with van der Waals surface area (Å²) >= 11 is 0. The molecule has 1 saturated heterocycles. The molecule has 0 radical (unpaired) electrons. The Morgan fingerprint density at radius 1 is 1.35 bits per heavy atom. The van der Waals surface area contributed by atoms with E-state index in [0.29, 0.717) is 0 Å². The Morgan fingerprint density at radius 3 is 2.53 bits per heavy atom. The van der Waals surface area contributed by atoms with Crippen LogP contribution in [0.4, 0.5) is 0 Å². The van der Waals surface area contributed by atoms with E-state index in [2.05, 4.69) is 30.6 Å². The van der Waals surface area contributed by atoms with Crippen molar-refractivity contribution in [1.82, 2.24) is 10.2 Å². The second-order valence-electron chi connectivity index (χ2n) is 5.90. The van der Waals surface area contributed by atoms with Crippen molar-refractivity contribution in [3.63, 3.8) is 0 Å². The summed E-state index contributed by atoms with van der Waals surface area (Å²) in [6.45, 7) is 12.2. The van der Waals surface area contributed by atoms with Crippen LogP contribution in [0.3, 0.4) is 0 Å². The van der Waals surface area contributed by atoms with Crippen molar-refractivity contribution < 1.29 is 0 Å². The molecule has 0 unspecified atom stereocenters. The molecule has 0 aromatic rings. The van der Waals surface area contributed by atoms with Crippen LogP contribution >= 0.6 is 0 Å². The van der Waals surface area contributed by atoms with Gasteiger partial charge in [0.1, 0.15) is 0 Å². The lowest BCUT2D eigenvalue weighted by Crippen LogP contribution is -2.36. The van der Waals surface area contributed by atoms with Gasteiger partial charge in [0.15, 0.2) is 0 Å². The van der Waals surface area contributed by atoms with Gasteiger partial charge < -0.3 is 5.32 Å². The zero-order valence-electron chi connectivity index (χ0n) is 12.0. The molecule has 1 fully saturated rings. The van der Waals surface area contributed by atoms with E-state index >= 15 is 0 Å². The number of likely N-dealkylation sites (N-methyl/N-ethyl adjacent to an activating group) is 1. The normalized spacial score (nSPS) is 18.6. The van der Waals surface area contributed by atoms with Crippen LogP contribution in [-0.2, 0) is 0 Å². The van der Waals surface area contributed by atoms with Crippen LogP contribution in [0.1, 0.15) is 46.0 Å². The molecule has 100 valence electrons. The monoisotopic (exact) mass is 238 g/mol. The lowest BCUT2D eigenvalue weighted by molar-refractivity contribution is 0.186. The average molecular weight is 238 g/mol.